The summed E-state index contributed by atoms with van der Waals surface area (Å²) in [5.41, 5.74) is 5.82. The van der Waals surface area contributed by atoms with E-state index in [9.17, 15) is 4.79 Å². The first-order valence-electron chi connectivity index (χ1n) is 8.62. The fraction of sp³-hybridized carbons (Fsp3) is 0.941. The normalized spacial score (nSPS) is 28.0. The minimum atomic E-state index is 0.247. The summed E-state index contributed by atoms with van der Waals surface area (Å²) in [4.78, 5) is 15.2. The molecule has 2 atom stereocenters. The lowest BCUT2D eigenvalue weighted by Gasteiger charge is -2.36. The molecule has 116 valence electrons. The Morgan fingerprint density at radius 3 is 2.45 bits per heavy atom. The molecule has 1 amide bonds. The van der Waals surface area contributed by atoms with Crippen LogP contribution in [0.5, 0.6) is 0 Å². The summed E-state index contributed by atoms with van der Waals surface area (Å²) in [6.45, 7) is 6.13. The maximum Gasteiger partial charge on any atom is 0.225 e. The van der Waals surface area contributed by atoms with Crippen LogP contribution in [-0.4, -0.2) is 29.9 Å². The number of carbonyl (C=O) groups is 1. The Kier molecular flexibility index (Phi) is 5.88. The van der Waals surface area contributed by atoms with E-state index in [1.165, 1.54) is 38.5 Å². The lowest BCUT2D eigenvalue weighted by atomic mass is 9.80. The van der Waals surface area contributed by atoms with Crippen LogP contribution in [-0.2, 0) is 4.79 Å². The van der Waals surface area contributed by atoms with E-state index < -0.39 is 0 Å². The standard InChI is InChI=1S/C17H32N2O/c1-13(2)12-19(16-8-3-4-9-16)17(20)15-7-5-6-14(10-15)11-18/h13-16H,3-12,18H2,1-2H3. The fourth-order valence-electron chi connectivity index (χ4n) is 3.99. The minimum absolute atomic E-state index is 0.247. The molecule has 20 heavy (non-hydrogen) atoms. The first-order valence-corrected chi connectivity index (χ1v) is 8.62. The van der Waals surface area contributed by atoms with Crippen molar-refractivity contribution < 1.29 is 4.79 Å². The van der Waals surface area contributed by atoms with Gasteiger partial charge in [-0.15, -0.1) is 0 Å². The zero-order valence-corrected chi connectivity index (χ0v) is 13.3. The lowest BCUT2D eigenvalue weighted by molar-refractivity contribution is -0.140. The molecule has 0 saturated heterocycles. The summed E-state index contributed by atoms with van der Waals surface area (Å²) in [7, 11) is 0. The van der Waals surface area contributed by atoms with Crippen LogP contribution in [0.2, 0.25) is 0 Å². The molecule has 0 aromatic heterocycles. The monoisotopic (exact) mass is 280 g/mol. The van der Waals surface area contributed by atoms with E-state index >= 15 is 0 Å². The van der Waals surface area contributed by atoms with Crippen molar-refractivity contribution in [3.63, 3.8) is 0 Å². The molecule has 2 rings (SSSR count). The predicted octanol–water partition coefficient (Wildman–Crippen LogP) is 3.18. The topological polar surface area (TPSA) is 46.3 Å². The zero-order valence-electron chi connectivity index (χ0n) is 13.3. The Labute approximate surface area is 124 Å². The first-order chi connectivity index (χ1) is 9.61. The van der Waals surface area contributed by atoms with Crippen molar-refractivity contribution in [2.24, 2.45) is 23.5 Å². The third kappa shape index (κ3) is 3.97. The molecular weight excluding hydrogens is 248 g/mol. The van der Waals surface area contributed by atoms with Gasteiger partial charge in [-0.2, -0.15) is 0 Å². The number of carbonyl (C=O) groups excluding carboxylic acids is 1. The van der Waals surface area contributed by atoms with Crippen molar-refractivity contribution in [3.8, 4) is 0 Å². The van der Waals surface area contributed by atoms with Crippen LogP contribution in [0.1, 0.15) is 65.2 Å². The minimum Gasteiger partial charge on any atom is -0.339 e. The van der Waals surface area contributed by atoms with Crippen molar-refractivity contribution in [1.82, 2.24) is 4.90 Å². The molecule has 2 saturated carbocycles. The molecule has 2 fully saturated rings. The van der Waals surface area contributed by atoms with E-state index in [4.69, 9.17) is 5.73 Å². The van der Waals surface area contributed by atoms with Gasteiger partial charge in [0.2, 0.25) is 5.91 Å². The summed E-state index contributed by atoms with van der Waals surface area (Å²) >= 11 is 0. The van der Waals surface area contributed by atoms with Crippen molar-refractivity contribution in [1.29, 1.82) is 0 Å². The molecule has 2 aliphatic carbocycles. The maximum atomic E-state index is 13.0. The van der Waals surface area contributed by atoms with E-state index in [0.717, 1.165) is 25.9 Å². The Hall–Kier alpha value is -0.570. The summed E-state index contributed by atoms with van der Waals surface area (Å²) in [6, 6.07) is 0.517. The van der Waals surface area contributed by atoms with Gasteiger partial charge in [0.05, 0.1) is 0 Å². The molecule has 0 aromatic carbocycles. The maximum absolute atomic E-state index is 13.0. The molecule has 2 N–H and O–H groups in total. The van der Waals surface area contributed by atoms with E-state index in [1.807, 2.05) is 0 Å². The molecule has 2 aliphatic rings. The van der Waals surface area contributed by atoms with Crippen LogP contribution in [0, 0.1) is 17.8 Å². The smallest absolute Gasteiger partial charge is 0.225 e. The molecule has 0 spiro atoms. The first kappa shape index (κ1) is 15.8. The van der Waals surface area contributed by atoms with Gasteiger partial charge in [0.25, 0.3) is 0 Å². The number of nitrogens with two attached hydrogens (primary N) is 1. The summed E-state index contributed by atoms with van der Waals surface area (Å²) in [5, 5.41) is 0. The highest BCUT2D eigenvalue weighted by Gasteiger charge is 2.34. The lowest BCUT2D eigenvalue weighted by Crippen LogP contribution is -2.45. The predicted molar refractivity (Wildman–Crippen MR) is 83.3 cm³/mol. The summed E-state index contributed by atoms with van der Waals surface area (Å²) in [6.07, 6.45) is 9.52. The Morgan fingerprint density at radius 2 is 1.85 bits per heavy atom. The third-order valence-electron chi connectivity index (χ3n) is 5.08. The van der Waals surface area contributed by atoms with E-state index in [1.54, 1.807) is 0 Å². The molecule has 0 heterocycles. The third-order valence-corrected chi connectivity index (χ3v) is 5.08. The highest BCUT2D eigenvalue weighted by molar-refractivity contribution is 5.79. The molecule has 0 radical (unpaired) electrons. The summed E-state index contributed by atoms with van der Waals surface area (Å²) in [5.74, 6) is 1.82. The van der Waals surface area contributed by atoms with Gasteiger partial charge in [-0.1, -0.05) is 33.1 Å². The second-order valence-corrected chi connectivity index (χ2v) is 7.29. The number of rotatable bonds is 5. The van der Waals surface area contributed by atoms with Crippen LogP contribution in [0.3, 0.4) is 0 Å². The van der Waals surface area contributed by atoms with Crippen LogP contribution in [0.4, 0.5) is 0 Å². The Balaban J connectivity index is 2.01. The van der Waals surface area contributed by atoms with Gasteiger partial charge >= 0.3 is 0 Å². The van der Waals surface area contributed by atoms with E-state index in [2.05, 4.69) is 18.7 Å². The Bertz CT molecular complexity index is 310. The van der Waals surface area contributed by atoms with E-state index in [0.29, 0.717) is 23.8 Å². The van der Waals surface area contributed by atoms with Gasteiger partial charge in [-0.3, -0.25) is 4.79 Å². The van der Waals surface area contributed by atoms with Crippen LogP contribution >= 0.6 is 0 Å². The van der Waals surface area contributed by atoms with Gasteiger partial charge in [0.1, 0.15) is 0 Å². The summed E-state index contributed by atoms with van der Waals surface area (Å²) < 4.78 is 0. The molecule has 0 aromatic rings. The van der Waals surface area contributed by atoms with Crippen LogP contribution in [0.25, 0.3) is 0 Å². The Morgan fingerprint density at radius 1 is 1.15 bits per heavy atom. The van der Waals surface area contributed by atoms with Crippen molar-refractivity contribution in [2.45, 2.75) is 71.3 Å². The zero-order chi connectivity index (χ0) is 14.5. The largest absolute Gasteiger partial charge is 0.339 e. The molecular formula is C17H32N2O. The van der Waals surface area contributed by atoms with Gasteiger partial charge in [0.15, 0.2) is 0 Å². The average molecular weight is 280 g/mol. The van der Waals surface area contributed by atoms with Gasteiger partial charge in [-0.25, -0.2) is 0 Å². The molecule has 0 aliphatic heterocycles. The molecule has 2 unspecified atom stereocenters. The van der Waals surface area contributed by atoms with Gasteiger partial charge in [-0.05, 0) is 50.5 Å². The molecule has 0 bridgehead atoms. The number of nitrogens with zero attached hydrogens (tertiary/aromatic N) is 1. The molecule has 3 nitrogen and oxygen atoms in total. The molecule has 3 heteroatoms. The average Bonchev–Trinajstić information content (AvgIpc) is 2.98. The highest BCUT2D eigenvalue weighted by Crippen LogP contribution is 2.32. The van der Waals surface area contributed by atoms with Crippen molar-refractivity contribution in [3.05, 3.63) is 0 Å². The fourth-order valence-corrected chi connectivity index (χ4v) is 3.99. The van der Waals surface area contributed by atoms with Crippen molar-refractivity contribution in [2.75, 3.05) is 13.1 Å². The van der Waals surface area contributed by atoms with Gasteiger partial charge in [0, 0.05) is 18.5 Å². The van der Waals surface area contributed by atoms with Crippen LogP contribution in [0.15, 0.2) is 0 Å². The van der Waals surface area contributed by atoms with E-state index in [-0.39, 0.29) is 5.92 Å². The number of hydrogen-bond donors (Lipinski definition) is 1. The second kappa shape index (κ2) is 7.44. The number of hydrogen-bond acceptors (Lipinski definition) is 2. The SMILES string of the molecule is CC(C)CN(C(=O)C1CCCC(CN)C1)C1CCCC1. The van der Waals surface area contributed by atoms with Crippen molar-refractivity contribution >= 4 is 5.91 Å². The second-order valence-electron chi connectivity index (χ2n) is 7.29. The number of amides is 1. The highest BCUT2D eigenvalue weighted by atomic mass is 16.2. The van der Waals surface area contributed by atoms with Gasteiger partial charge < -0.3 is 10.6 Å². The van der Waals surface area contributed by atoms with Crippen LogP contribution < -0.4 is 5.73 Å². The quantitative estimate of drug-likeness (QED) is 0.840.